The molecule has 2 heterocycles. The summed E-state index contributed by atoms with van der Waals surface area (Å²) in [6.45, 7) is 2.25. The number of rotatable bonds is 5. The monoisotopic (exact) mass is 403 g/mol. The molecule has 2 N–H and O–H groups in total. The van der Waals surface area contributed by atoms with E-state index in [1.54, 1.807) is 28.9 Å². The lowest BCUT2D eigenvalue weighted by Gasteiger charge is -2.28. The van der Waals surface area contributed by atoms with Crippen molar-refractivity contribution in [3.05, 3.63) is 88.9 Å². The Morgan fingerprint density at radius 1 is 1.13 bits per heavy atom. The summed E-state index contributed by atoms with van der Waals surface area (Å²) in [6.07, 6.45) is 1.44. The van der Waals surface area contributed by atoms with E-state index in [0.717, 1.165) is 11.1 Å². The number of carbonyl (C=O) groups excluding carboxylic acids is 2. The van der Waals surface area contributed by atoms with Gasteiger partial charge in [0.05, 0.1) is 18.2 Å². The number of amides is 1. The zero-order valence-corrected chi connectivity index (χ0v) is 16.6. The van der Waals surface area contributed by atoms with Gasteiger partial charge in [0.1, 0.15) is 12.4 Å². The molecule has 8 heteroatoms. The molecule has 1 aromatic heterocycles. The summed E-state index contributed by atoms with van der Waals surface area (Å²) < 4.78 is 6.43. The molecule has 1 aliphatic heterocycles. The molecule has 8 nitrogen and oxygen atoms in total. The molecule has 0 radical (unpaired) electrons. The highest BCUT2D eigenvalue weighted by molar-refractivity contribution is 5.96. The van der Waals surface area contributed by atoms with Crippen LogP contribution in [0.5, 0.6) is 0 Å². The number of methoxy groups -OCH3 is 1. The second kappa shape index (κ2) is 8.20. The number of hydrogen-bond donors (Lipinski definition) is 2. The number of nitrogens with one attached hydrogen (secondary N) is 2. The second-order valence-corrected chi connectivity index (χ2v) is 6.88. The van der Waals surface area contributed by atoms with E-state index in [1.165, 1.54) is 13.4 Å². The maximum Gasteiger partial charge on any atom is 0.337 e. The lowest BCUT2D eigenvalue weighted by molar-refractivity contribution is -0.118. The Labute approximate surface area is 173 Å². The number of carbonyl (C=O) groups is 2. The zero-order valence-electron chi connectivity index (χ0n) is 16.6. The first kappa shape index (κ1) is 19.4. The Hall–Kier alpha value is -3.94. The summed E-state index contributed by atoms with van der Waals surface area (Å²) in [5, 5.41) is 10.4. The largest absolute Gasteiger partial charge is 0.465 e. The van der Waals surface area contributed by atoms with Gasteiger partial charge in [-0.05, 0) is 30.2 Å². The minimum absolute atomic E-state index is 0.202. The highest BCUT2D eigenvalue weighted by Crippen LogP contribution is 2.34. The van der Waals surface area contributed by atoms with Gasteiger partial charge < -0.3 is 15.4 Å². The van der Waals surface area contributed by atoms with Crippen molar-refractivity contribution in [2.75, 3.05) is 12.4 Å². The maximum absolute atomic E-state index is 13.2. The Morgan fingerprint density at radius 3 is 2.57 bits per heavy atom. The van der Waals surface area contributed by atoms with E-state index in [-0.39, 0.29) is 5.91 Å². The molecule has 0 bridgehead atoms. The molecule has 2 aromatic carbocycles. The standard InChI is InChI=1S/C22H21N5O3/c1-14-18(20(28)23-12-15-6-4-3-5-7-15)19(27-22(26-14)24-13-25-27)16-8-10-17(11-9-16)21(29)30-2/h3-11,13,19H,12H2,1-2H3,(H,23,28)(H,24,25,26)/t19-/m1/s1. The van der Waals surface area contributed by atoms with Crippen molar-refractivity contribution in [2.45, 2.75) is 19.5 Å². The van der Waals surface area contributed by atoms with Crippen LogP contribution in [0.15, 0.2) is 72.2 Å². The molecule has 0 fully saturated rings. The number of benzene rings is 2. The highest BCUT2D eigenvalue weighted by Gasteiger charge is 2.33. The normalized spacial score (nSPS) is 15.2. The fraction of sp³-hybridized carbons (Fsp3) is 0.182. The van der Waals surface area contributed by atoms with Gasteiger partial charge in [-0.15, -0.1) is 0 Å². The van der Waals surface area contributed by atoms with E-state index in [9.17, 15) is 9.59 Å². The van der Waals surface area contributed by atoms with Gasteiger partial charge in [-0.1, -0.05) is 42.5 Å². The number of nitrogens with zero attached hydrogens (tertiary/aromatic N) is 3. The Bertz CT molecular complexity index is 1100. The Morgan fingerprint density at radius 2 is 1.87 bits per heavy atom. The van der Waals surface area contributed by atoms with Gasteiger partial charge >= 0.3 is 5.97 Å². The third kappa shape index (κ3) is 3.67. The van der Waals surface area contributed by atoms with Gasteiger partial charge in [-0.25, -0.2) is 9.48 Å². The van der Waals surface area contributed by atoms with Crippen molar-refractivity contribution in [3.63, 3.8) is 0 Å². The van der Waals surface area contributed by atoms with Crippen molar-refractivity contribution in [1.29, 1.82) is 0 Å². The molecule has 3 aromatic rings. The van der Waals surface area contributed by atoms with Crippen molar-refractivity contribution >= 4 is 17.8 Å². The molecule has 0 aliphatic carbocycles. The lowest BCUT2D eigenvalue weighted by atomic mass is 9.94. The molecule has 0 saturated carbocycles. The van der Waals surface area contributed by atoms with Crippen molar-refractivity contribution in [3.8, 4) is 0 Å². The van der Waals surface area contributed by atoms with Crippen LogP contribution in [0.4, 0.5) is 5.95 Å². The molecule has 0 unspecified atom stereocenters. The predicted molar refractivity (Wildman–Crippen MR) is 111 cm³/mol. The summed E-state index contributed by atoms with van der Waals surface area (Å²) in [6, 6.07) is 16.2. The first-order valence-corrected chi connectivity index (χ1v) is 9.46. The van der Waals surface area contributed by atoms with Crippen LogP contribution in [0.3, 0.4) is 0 Å². The molecule has 0 spiro atoms. The summed E-state index contributed by atoms with van der Waals surface area (Å²) >= 11 is 0. The minimum atomic E-state index is -0.480. The molecule has 1 atom stereocenters. The Kier molecular flexibility index (Phi) is 5.30. The zero-order chi connectivity index (χ0) is 21.1. The van der Waals surface area contributed by atoms with Crippen LogP contribution in [0.1, 0.15) is 34.5 Å². The number of allylic oxidation sites excluding steroid dienone is 1. The van der Waals surface area contributed by atoms with Crippen LogP contribution in [-0.4, -0.2) is 33.8 Å². The number of anilines is 1. The van der Waals surface area contributed by atoms with E-state index in [4.69, 9.17) is 4.74 Å². The number of esters is 1. The summed E-state index contributed by atoms with van der Waals surface area (Å²) in [4.78, 5) is 29.2. The van der Waals surface area contributed by atoms with Gasteiger partial charge in [0.2, 0.25) is 5.95 Å². The number of hydrogen-bond acceptors (Lipinski definition) is 6. The van der Waals surface area contributed by atoms with E-state index < -0.39 is 12.0 Å². The topological polar surface area (TPSA) is 98.1 Å². The lowest BCUT2D eigenvalue weighted by Crippen LogP contribution is -2.34. The average molecular weight is 403 g/mol. The first-order valence-electron chi connectivity index (χ1n) is 9.46. The van der Waals surface area contributed by atoms with Crippen molar-refractivity contribution < 1.29 is 14.3 Å². The molecule has 0 saturated heterocycles. The highest BCUT2D eigenvalue weighted by atomic mass is 16.5. The number of ether oxygens (including phenoxy) is 1. The number of fused-ring (bicyclic) bond motifs is 1. The van der Waals surface area contributed by atoms with Crippen LogP contribution in [-0.2, 0) is 16.1 Å². The maximum atomic E-state index is 13.2. The molecule has 4 rings (SSSR count). The predicted octanol–water partition coefficient (Wildman–Crippen LogP) is 2.67. The van der Waals surface area contributed by atoms with E-state index >= 15 is 0 Å². The molecule has 30 heavy (non-hydrogen) atoms. The first-order chi connectivity index (χ1) is 14.6. The van der Waals surface area contributed by atoms with E-state index in [2.05, 4.69) is 20.7 Å². The average Bonchev–Trinajstić information content (AvgIpc) is 3.24. The smallest absolute Gasteiger partial charge is 0.337 e. The van der Waals surface area contributed by atoms with Crippen LogP contribution >= 0.6 is 0 Å². The summed E-state index contributed by atoms with van der Waals surface area (Å²) in [5.41, 5.74) is 3.48. The van der Waals surface area contributed by atoms with Crippen LogP contribution in [0.25, 0.3) is 0 Å². The molecule has 1 amide bonds. The quantitative estimate of drug-likeness (QED) is 0.636. The third-order valence-electron chi connectivity index (χ3n) is 4.98. The van der Waals surface area contributed by atoms with E-state index in [0.29, 0.717) is 29.3 Å². The molecular weight excluding hydrogens is 382 g/mol. The fourth-order valence-electron chi connectivity index (χ4n) is 3.49. The summed E-state index contributed by atoms with van der Waals surface area (Å²) in [7, 11) is 1.34. The molecule has 152 valence electrons. The van der Waals surface area contributed by atoms with Gasteiger partial charge in [0, 0.05) is 12.2 Å². The van der Waals surface area contributed by atoms with E-state index in [1.807, 2.05) is 37.3 Å². The van der Waals surface area contributed by atoms with Crippen molar-refractivity contribution in [1.82, 2.24) is 20.1 Å². The van der Waals surface area contributed by atoms with Gasteiger partial charge in [-0.2, -0.15) is 10.1 Å². The Balaban J connectivity index is 1.66. The van der Waals surface area contributed by atoms with Crippen LogP contribution < -0.4 is 10.6 Å². The number of aromatic nitrogens is 3. The second-order valence-electron chi connectivity index (χ2n) is 6.88. The van der Waals surface area contributed by atoms with Crippen molar-refractivity contribution in [2.24, 2.45) is 0 Å². The molecule has 1 aliphatic rings. The van der Waals surface area contributed by atoms with Crippen LogP contribution in [0, 0.1) is 0 Å². The SMILES string of the molecule is COC(=O)c1ccc([C@@H]2C(C(=O)NCc3ccccc3)=C(C)Nc3ncnn32)cc1. The van der Waals surface area contributed by atoms with Gasteiger partial charge in [0.15, 0.2) is 0 Å². The summed E-state index contributed by atoms with van der Waals surface area (Å²) in [5.74, 6) is -0.0675. The third-order valence-corrected chi connectivity index (χ3v) is 4.98. The van der Waals surface area contributed by atoms with Gasteiger partial charge in [0.25, 0.3) is 5.91 Å². The fourth-order valence-corrected chi connectivity index (χ4v) is 3.49. The van der Waals surface area contributed by atoms with Crippen LogP contribution in [0.2, 0.25) is 0 Å². The van der Waals surface area contributed by atoms with Gasteiger partial charge in [-0.3, -0.25) is 4.79 Å². The molecular formula is C22H21N5O3. The minimum Gasteiger partial charge on any atom is -0.465 e.